The highest BCUT2D eigenvalue weighted by molar-refractivity contribution is 6.17. The van der Waals surface area contributed by atoms with Crippen molar-refractivity contribution in [3.05, 3.63) is 113 Å². The first-order chi connectivity index (χ1) is 17.5. The van der Waals surface area contributed by atoms with Crippen LogP contribution in [0.2, 0.25) is 0 Å². The monoisotopic (exact) mass is 476 g/mol. The predicted molar refractivity (Wildman–Crippen MR) is 139 cm³/mol. The van der Waals surface area contributed by atoms with E-state index in [4.69, 9.17) is 9.72 Å². The van der Waals surface area contributed by atoms with Gasteiger partial charge in [0, 0.05) is 22.6 Å². The molecule has 7 nitrogen and oxygen atoms in total. The van der Waals surface area contributed by atoms with Crippen LogP contribution in [0.3, 0.4) is 0 Å². The minimum absolute atomic E-state index is 0.218. The van der Waals surface area contributed by atoms with Gasteiger partial charge < -0.3 is 10.1 Å². The van der Waals surface area contributed by atoms with Gasteiger partial charge in [-0.1, -0.05) is 60.7 Å². The molecule has 0 bridgehead atoms. The molecular weight excluding hydrogens is 452 g/mol. The summed E-state index contributed by atoms with van der Waals surface area (Å²) in [6.45, 7) is 3.83. The number of ketones is 1. The molecule has 7 heteroatoms. The summed E-state index contributed by atoms with van der Waals surface area (Å²) in [7, 11) is 1.61. The zero-order valence-corrected chi connectivity index (χ0v) is 20.1. The van der Waals surface area contributed by atoms with Gasteiger partial charge >= 0.3 is 0 Å². The maximum atomic E-state index is 13.4. The van der Waals surface area contributed by atoms with E-state index < -0.39 is 5.91 Å². The quantitative estimate of drug-likeness (QED) is 0.326. The summed E-state index contributed by atoms with van der Waals surface area (Å²) < 4.78 is 7.10. The molecule has 0 aliphatic rings. The summed E-state index contributed by atoms with van der Waals surface area (Å²) in [4.78, 5) is 31.3. The third-order valence-electron chi connectivity index (χ3n) is 5.96. The number of amides is 1. The van der Waals surface area contributed by atoms with Gasteiger partial charge in [0.05, 0.1) is 18.4 Å². The minimum Gasteiger partial charge on any atom is -0.494 e. The van der Waals surface area contributed by atoms with Crippen molar-refractivity contribution in [2.75, 3.05) is 12.4 Å². The van der Waals surface area contributed by atoms with Gasteiger partial charge in [0.15, 0.2) is 11.6 Å². The second-order valence-corrected chi connectivity index (χ2v) is 8.43. The van der Waals surface area contributed by atoms with Crippen molar-refractivity contribution in [1.29, 1.82) is 0 Å². The number of carbonyl (C=O) groups is 2. The van der Waals surface area contributed by atoms with Crippen LogP contribution in [0, 0.1) is 13.8 Å². The molecule has 5 rings (SSSR count). The number of para-hydroxylation sites is 1. The Morgan fingerprint density at radius 3 is 2.33 bits per heavy atom. The fraction of sp³-hybridized carbons (Fsp3) is 0.103. The van der Waals surface area contributed by atoms with Crippen LogP contribution in [-0.4, -0.2) is 33.6 Å². The molecule has 2 heterocycles. The molecular formula is C29H24N4O3. The van der Waals surface area contributed by atoms with E-state index in [0.29, 0.717) is 39.7 Å². The van der Waals surface area contributed by atoms with E-state index in [1.807, 2.05) is 44.2 Å². The van der Waals surface area contributed by atoms with Crippen molar-refractivity contribution in [3.63, 3.8) is 0 Å². The van der Waals surface area contributed by atoms with Crippen LogP contribution in [0.4, 0.5) is 5.82 Å². The van der Waals surface area contributed by atoms with Crippen LogP contribution >= 0.6 is 0 Å². The number of hydrogen-bond acceptors (Lipinski definition) is 5. The van der Waals surface area contributed by atoms with E-state index in [9.17, 15) is 9.59 Å². The molecule has 178 valence electrons. The van der Waals surface area contributed by atoms with Crippen molar-refractivity contribution in [2.45, 2.75) is 13.8 Å². The molecule has 0 unspecified atom stereocenters. The molecule has 0 aliphatic carbocycles. The number of aryl methyl sites for hydroxylation is 2. The van der Waals surface area contributed by atoms with Crippen molar-refractivity contribution in [3.8, 4) is 11.6 Å². The SMILES string of the molecule is COc1cccc2c(C)cc(-n3nc(C)cc3NC(=O)c3ccccc3C(=O)c3ccccc3)nc12. The fourth-order valence-corrected chi connectivity index (χ4v) is 4.22. The lowest BCUT2D eigenvalue weighted by Gasteiger charge is -2.13. The number of carbonyl (C=O) groups excluding carboxylic acids is 2. The standard InChI is InChI=1S/C29H24N4O3/c1-18-16-25(30-27-21(18)14-9-15-24(27)36-3)33-26(17-19(2)32-33)31-29(35)23-13-8-7-12-22(23)28(34)20-10-5-4-6-11-20/h4-17H,1-3H3,(H,31,35). The van der Waals surface area contributed by atoms with Gasteiger partial charge in [0.1, 0.15) is 17.1 Å². The Morgan fingerprint density at radius 1 is 0.861 bits per heavy atom. The van der Waals surface area contributed by atoms with Gasteiger partial charge in [-0.3, -0.25) is 9.59 Å². The summed E-state index contributed by atoms with van der Waals surface area (Å²) in [6, 6.07) is 25.1. The lowest BCUT2D eigenvalue weighted by Crippen LogP contribution is -2.19. The predicted octanol–water partition coefficient (Wildman–Crippen LogP) is 5.53. The van der Waals surface area contributed by atoms with E-state index in [1.165, 1.54) is 0 Å². The minimum atomic E-state index is -0.411. The van der Waals surface area contributed by atoms with Crippen LogP contribution in [0.15, 0.2) is 84.9 Å². The van der Waals surface area contributed by atoms with Crippen molar-refractivity contribution in [1.82, 2.24) is 14.8 Å². The number of anilines is 1. The zero-order valence-electron chi connectivity index (χ0n) is 20.1. The van der Waals surface area contributed by atoms with Crippen LogP contribution in [0.5, 0.6) is 5.75 Å². The van der Waals surface area contributed by atoms with Crippen molar-refractivity contribution < 1.29 is 14.3 Å². The highest BCUT2D eigenvalue weighted by Gasteiger charge is 2.20. The van der Waals surface area contributed by atoms with Gasteiger partial charge in [-0.15, -0.1) is 0 Å². The summed E-state index contributed by atoms with van der Waals surface area (Å²) in [5, 5.41) is 8.47. The number of hydrogen-bond donors (Lipinski definition) is 1. The van der Waals surface area contributed by atoms with Crippen LogP contribution in [0.25, 0.3) is 16.7 Å². The van der Waals surface area contributed by atoms with Crippen LogP contribution in [-0.2, 0) is 0 Å². The topological polar surface area (TPSA) is 86.1 Å². The molecule has 5 aromatic rings. The average molecular weight is 477 g/mol. The van der Waals surface area contributed by atoms with E-state index in [0.717, 1.165) is 10.9 Å². The zero-order chi connectivity index (χ0) is 25.2. The van der Waals surface area contributed by atoms with Crippen molar-refractivity contribution in [2.24, 2.45) is 0 Å². The Bertz CT molecular complexity index is 1610. The third kappa shape index (κ3) is 4.22. The van der Waals surface area contributed by atoms with Gasteiger partial charge in [0.25, 0.3) is 5.91 Å². The molecule has 36 heavy (non-hydrogen) atoms. The van der Waals surface area contributed by atoms with E-state index in [1.54, 1.807) is 66.4 Å². The molecule has 0 fully saturated rings. The number of rotatable bonds is 6. The summed E-state index contributed by atoms with van der Waals surface area (Å²) in [5.74, 6) is 1.01. The first kappa shape index (κ1) is 23.0. The highest BCUT2D eigenvalue weighted by atomic mass is 16.5. The Kier molecular flexibility index (Phi) is 6.04. The summed E-state index contributed by atoms with van der Waals surface area (Å²) in [6.07, 6.45) is 0. The third-order valence-corrected chi connectivity index (χ3v) is 5.96. The normalized spacial score (nSPS) is 10.9. The number of fused-ring (bicyclic) bond motifs is 1. The second kappa shape index (κ2) is 9.46. The Balaban J connectivity index is 1.53. The smallest absolute Gasteiger partial charge is 0.257 e. The number of aromatic nitrogens is 3. The Hall–Kier alpha value is -4.78. The first-order valence-corrected chi connectivity index (χ1v) is 11.5. The largest absolute Gasteiger partial charge is 0.494 e. The maximum absolute atomic E-state index is 13.4. The number of methoxy groups -OCH3 is 1. The van der Waals surface area contributed by atoms with Gasteiger partial charge in [0.2, 0.25) is 0 Å². The van der Waals surface area contributed by atoms with Crippen molar-refractivity contribution >= 4 is 28.4 Å². The number of pyridine rings is 1. The number of nitrogens with zero attached hydrogens (tertiary/aromatic N) is 3. The Labute approximate surface area is 208 Å². The van der Waals surface area contributed by atoms with Gasteiger partial charge in [-0.25, -0.2) is 4.98 Å². The molecule has 1 amide bonds. The molecule has 0 saturated carbocycles. The molecule has 0 saturated heterocycles. The van der Waals surface area contributed by atoms with Gasteiger partial charge in [-0.2, -0.15) is 9.78 Å². The van der Waals surface area contributed by atoms with Gasteiger partial charge in [-0.05, 0) is 37.6 Å². The lowest BCUT2D eigenvalue weighted by atomic mass is 9.98. The summed E-state index contributed by atoms with van der Waals surface area (Å²) >= 11 is 0. The van der Waals surface area contributed by atoms with E-state index in [-0.39, 0.29) is 11.3 Å². The fourth-order valence-electron chi connectivity index (χ4n) is 4.22. The maximum Gasteiger partial charge on any atom is 0.257 e. The number of ether oxygens (including phenoxy) is 1. The molecule has 0 spiro atoms. The highest BCUT2D eigenvalue weighted by Crippen LogP contribution is 2.29. The first-order valence-electron chi connectivity index (χ1n) is 11.5. The number of nitrogens with one attached hydrogen (secondary N) is 1. The lowest BCUT2D eigenvalue weighted by molar-refractivity contribution is 0.0996. The molecule has 1 N–H and O–H groups in total. The van der Waals surface area contributed by atoms with E-state index >= 15 is 0 Å². The molecule has 0 radical (unpaired) electrons. The molecule has 2 aromatic heterocycles. The average Bonchev–Trinajstić information content (AvgIpc) is 3.28. The van der Waals surface area contributed by atoms with Crippen LogP contribution < -0.4 is 10.1 Å². The second-order valence-electron chi connectivity index (χ2n) is 8.43. The van der Waals surface area contributed by atoms with E-state index in [2.05, 4.69) is 10.4 Å². The molecule has 3 aromatic carbocycles. The van der Waals surface area contributed by atoms with Crippen LogP contribution in [0.1, 0.15) is 37.5 Å². The summed E-state index contributed by atoms with van der Waals surface area (Å²) in [5.41, 5.74) is 3.54. The molecule has 0 aliphatic heterocycles. The number of benzene rings is 3. The Morgan fingerprint density at radius 2 is 1.58 bits per heavy atom. The molecule has 0 atom stereocenters.